The van der Waals surface area contributed by atoms with E-state index < -0.39 is 0 Å². The van der Waals surface area contributed by atoms with Gasteiger partial charge in [-0.1, -0.05) is 0 Å². The van der Waals surface area contributed by atoms with Gasteiger partial charge >= 0.3 is 0 Å². The van der Waals surface area contributed by atoms with Crippen LogP contribution in [0.2, 0.25) is 0 Å². The van der Waals surface area contributed by atoms with E-state index in [9.17, 15) is 4.79 Å². The Labute approximate surface area is 110 Å². The zero-order valence-electron chi connectivity index (χ0n) is 10.9. The van der Waals surface area contributed by atoms with Crippen LogP contribution in [0, 0.1) is 0 Å². The van der Waals surface area contributed by atoms with Crippen molar-refractivity contribution in [1.82, 2.24) is 14.3 Å². The number of anilines is 1. The van der Waals surface area contributed by atoms with Gasteiger partial charge in [0.2, 0.25) is 0 Å². The minimum absolute atomic E-state index is 0.181. The van der Waals surface area contributed by atoms with Crippen LogP contribution in [-0.2, 0) is 13.1 Å². The van der Waals surface area contributed by atoms with Crippen LogP contribution in [0.5, 0.6) is 0 Å². The molecule has 0 unspecified atom stereocenters. The molecule has 0 saturated heterocycles. The Balaban J connectivity index is 2.44. The second kappa shape index (κ2) is 5.47. The van der Waals surface area contributed by atoms with Crippen molar-refractivity contribution in [3.05, 3.63) is 34.9 Å². The van der Waals surface area contributed by atoms with Gasteiger partial charge in [-0.15, -0.1) is 5.11 Å². The first-order valence-corrected chi connectivity index (χ1v) is 6.09. The quantitative estimate of drug-likeness (QED) is 0.853. The summed E-state index contributed by atoms with van der Waals surface area (Å²) >= 11 is 0. The third-order valence-corrected chi connectivity index (χ3v) is 2.78. The molecule has 7 heteroatoms. The molecule has 0 atom stereocenters. The highest BCUT2D eigenvalue weighted by Gasteiger charge is 2.15. The molecule has 0 aliphatic heterocycles. The van der Waals surface area contributed by atoms with Gasteiger partial charge in [-0.3, -0.25) is 14.5 Å². The van der Waals surface area contributed by atoms with Crippen LogP contribution < -0.4 is 11.3 Å². The summed E-state index contributed by atoms with van der Waals surface area (Å²) in [4.78, 5) is 16.0. The van der Waals surface area contributed by atoms with E-state index in [1.165, 1.54) is 0 Å². The van der Waals surface area contributed by atoms with Crippen molar-refractivity contribution in [3.63, 3.8) is 0 Å². The largest absolute Gasteiger partial charge is 0.382 e. The van der Waals surface area contributed by atoms with Crippen LogP contribution in [-0.4, -0.2) is 14.3 Å². The SMILES string of the molecule is CCn1c(N)c(/N=N/c2ccncc2)c(=O)n1CC. The maximum Gasteiger partial charge on any atom is 0.296 e. The molecule has 0 radical (unpaired) electrons. The molecular formula is C12H16N6O. The predicted octanol–water partition coefficient (Wildman–Crippen LogP) is 2.08. The summed E-state index contributed by atoms with van der Waals surface area (Å²) in [7, 11) is 0. The molecule has 19 heavy (non-hydrogen) atoms. The average molecular weight is 260 g/mol. The van der Waals surface area contributed by atoms with Gasteiger partial charge in [0.25, 0.3) is 5.56 Å². The minimum Gasteiger partial charge on any atom is -0.382 e. The van der Waals surface area contributed by atoms with Crippen LogP contribution in [0.1, 0.15) is 13.8 Å². The number of rotatable bonds is 4. The smallest absolute Gasteiger partial charge is 0.296 e. The summed E-state index contributed by atoms with van der Waals surface area (Å²) in [5, 5.41) is 7.97. The third-order valence-electron chi connectivity index (χ3n) is 2.78. The predicted molar refractivity (Wildman–Crippen MR) is 72.9 cm³/mol. The molecule has 0 fully saturated rings. The zero-order chi connectivity index (χ0) is 13.8. The van der Waals surface area contributed by atoms with Gasteiger partial charge in [0, 0.05) is 25.5 Å². The average Bonchev–Trinajstić information content (AvgIpc) is 2.68. The topological polar surface area (TPSA) is 90.6 Å². The lowest BCUT2D eigenvalue weighted by Gasteiger charge is -2.07. The molecular weight excluding hydrogens is 244 g/mol. The van der Waals surface area contributed by atoms with Gasteiger partial charge in [-0.25, -0.2) is 4.68 Å². The Morgan fingerprint density at radius 2 is 1.79 bits per heavy atom. The highest BCUT2D eigenvalue weighted by molar-refractivity contribution is 5.56. The van der Waals surface area contributed by atoms with Gasteiger partial charge in [0.05, 0.1) is 5.69 Å². The Morgan fingerprint density at radius 1 is 1.16 bits per heavy atom. The molecule has 0 bridgehead atoms. The van der Waals surface area contributed by atoms with Crippen molar-refractivity contribution in [2.24, 2.45) is 10.2 Å². The molecule has 2 heterocycles. The first-order chi connectivity index (χ1) is 9.19. The van der Waals surface area contributed by atoms with Crippen molar-refractivity contribution in [3.8, 4) is 0 Å². The summed E-state index contributed by atoms with van der Waals surface area (Å²) in [6.45, 7) is 4.96. The number of aromatic nitrogens is 3. The molecule has 0 aromatic carbocycles. The van der Waals surface area contributed by atoms with Crippen LogP contribution in [0.25, 0.3) is 0 Å². The fourth-order valence-electron chi connectivity index (χ4n) is 1.86. The summed E-state index contributed by atoms with van der Waals surface area (Å²) in [5.41, 5.74) is 6.52. The maximum absolute atomic E-state index is 12.1. The second-order valence-corrected chi connectivity index (χ2v) is 3.88. The van der Waals surface area contributed by atoms with E-state index in [1.807, 2.05) is 13.8 Å². The Bertz CT molecular complexity index is 640. The third kappa shape index (κ3) is 2.40. The first kappa shape index (κ1) is 13.0. The summed E-state index contributed by atoms with van der Waals surface area (Å²) in [6, 6.07) is 3.41. The van der Waals surface area contributed by atoms with Crippen molar-refractivity contribution in [2.45, 2.75) is 26.9 Å². The molecule has 0 saturated carbocycles. The van der Waals surface area contributed by atoms with E-state index in [1.54, 1.807) is 33.9 Å². The molecule has 2 aromatic heterocycles. The molecule has 2 aromatic rings. The van der Waals surface area contributed by atoms with E-state index in [-0.39, 0.29) is 11.2 Å². The summed E-state index contributed by atoms with van der Waals surface area (Å²) < 4.78 is 3.25. The van der Waals surface area contributed by atoms with Crippen LogP contribution in [0.3, 0.4) is 0 Å². The minimum atomic E-state index is -0.223. The van der Waals surface area contributed by atoms with E-state index in [2.05, 4.69) is 15.2 Å². The molecule has 0 aliphatic carbocycles. The number of pyridine rings is 1. The molecule has 0 spiro atoms. The van der Waals surface area contributed by atoms with Gasteiger partial charge in [0.15, 0.2) is 11.5 Å². The lowest BCUT2D eigenvalue weighted by atomic mass is 10.4. The highest BCUT2D eigenvalue weighted by Crippen LogP contribution is 2.21. The van der Waals surface area contributed by atoms with E-state index >= 15 is 0 Å². The fraction of sp³-hybridized carbons (Fsp3) is 0.333. The molecule has 2 rings (SSSR count). The molecule has 0 aliphatic rings. The summed E-state index contributed by atoms with van der Waals surface area (Å²) in [5.74, 6) is 0.340. The van der Waals surface area contributed by atoms with Gasteiger partial charge in [-0.2, -0.15) is 5.11 Å². The van der Waals surface area contributed by atoms with Gasteiger partial charge < -0.3 is 5.73 Å². The monoisotopic (exact) mass is 260 g/mol. The van der Waals surface area contributed by atoms with E-state index in [0.717, 1.165) is 0 Å². The highest BCUT2D eigenvalue weighted by atomic mass is 16.1. The number of nitrogen functional groups attached to an aromatic ring is 1. The standard InChI is InChI=1S/C12H16N6O/c1-3-17-11(13)10(12(19)18(17)4-2)16-15-9-5-7-14-8-6-9/h5-8H,3-4,13H2,1-2H3/b16-15+. The molecule has 0 amide bonds. The normalized spacial score (nSPS) is 11.3. The van der Waals surface area contributed by atoms with Crippen molar-refractivity contribution in [2.75, 3.05) is 5.73 Å². The van der Waals surface area contributed by atoms with Crippen molar-refractivity contribution >= 4 is 17.2 Å². The molecule has 7 nitrogen and oxygen atoms in total. The van der Waals surface area contributed by atoms with Crippen molar-refractivity contribution in [1.29, 1.82) is 0 Å². The Kier molecular flexibility index (Phi) is 3.74. The second-order valence-electron chi connectivity index (χ2n) is 3.88. The van der Waals surface area contributed by atoms with Crippen LogP contribution in [0.15, 0.2) is 39.5 Å². The van der Waals surface area contributed by atoms with Gasteiger partial charge in [0.1, 0.15) is 0 Å². The zero-order valence-corrected chi connectivity index (χ0v) is 10.9. The molecule has 2 N–H and O–H groups in total. The van der Waals surface area contributed by atoms with Crippen LogP contribution >= 0.6 is 0 Å². The Hall–Kier alpha value is -2.44. The van der Waals surface area contributed by atoms with Gasteiger partial charge in [-0.05, 0) is 26.0 Å². The number of azo groups is 1. The summed E-state index contributed by atoms with van der Waals surface area (Å²) in [6.07, 6.45) is 3.22. The molecule has 100 valence electrons. The number of nitrogens with zero attached hydrogens (tertiary/aromatic N) is 5. The van der Waals surface area contributed by atoms with E-state index in [4.69, 9.17) is 5.73 Å². The van der Waals surface area contributed by atoms with Crippen molar-refractivity contribution < 1.29 is 0 Å². The number of hydrogen-bond donors (Lipinski definition) is 1. The first-order valence-electron chi connectivity index (χ1n) is 6.09. The number of nitrogens with two attached hydrogens (primary N) is 1. The fourth-order valence-corrected chi connectivity index (χ4v) is 1.86. The van der Waals surface area contributed by atoms with Crippen LogP contribution in [0.4, 0.5) is 17.2 Å². The lowest BCUT2D eigenvalue weighted by Crippen LogP contribution is -2.21. The number of hydrogen-bond acceptors (Lipinski definition) is 5. The maximum atomic E-state index is 12.1. The lowest BCUT2D eigenvalue weighted by molar-refractivity contribution is 0.483. The Morgan fingerprint density at radius 3 is 2.32 bits per heavy atom. The van der Waals surface area contributed by atoms with E-state index in [0.29, 0.717) is 24.6 Å².